The van der Waals surface area contributed by atoms with E-state index in [4.69, 9.17) is 10.5 Å². The Labute approximate surface area is 119 Å². The number of aliphatic hydroxyl groups excluding tert-OH is 1. The Bertz CT molecular complexity index is 580. The molecule has 1 saturated heterocycles. The summed E-state index contributed by atoms with van der Waals surface area (Å²) in [5.74, 6) is 0. The Morgan fingerprint density at radius 2 is 2.05 bits per heavy atom. The SMILES string of the molecule is Cc1cc(N)ccc1S(=O)(=O)NC1(CO)CCOCC1. The van der Waals surface area contributed by atoms with Crippen LogP contribution in [0.4, 0.5) is 5.69 Å². The van der Waals surface area contributed by atoms with Crippen LogP contribution in [0.1, 0.15) is 18.4 Å². The predicted octanol–water partition coefficient (Wildman–Crippen LogP) is 0.397. The van der Waals surface area contributed by atoms with Crippen LogP contribution in [0, 0.1) is 6.92 Å². The van der Waals surface area contributed by atoms with Crippen molar-refractivity contribution in [3.05, 3.63) is 23.8 Å². The lowest BCUT2D eigenvalue weighted by molar-refractivity contribution is 0.0223. The molecule has 0 aromatic heterocycles. The minimum Gasteiger partial charge on any atom is -0.399 e. The van der Waals surface area contributed by atoms with Gasteiger partial charge in [0.1, 0.15) is 0 Å². The molecule has 1 aliphatic heterocycles. The van der Waals surface area contributed by atoms with Gasteiger partial charge in [0.05, 0.1) is 17.0 Å². The van der Waals surface area contributed by atoms with E-state index in [-0.39, 0.29) is 11.5 Å². The van der Waals surface area contributed by atoms with Crippen molar-refractivity contribution in [3.8, 4) is 0 Å². The molecule has 0 amide bonds. The Morgan fingerprint density at radius 3 is 2.60 bits per heavy atom. The van der Waals surface area contributed by atoms with E-state index in [9.17, 15) is 13.5 Å². The van der Waals surface area contributed by atoms with Gasteiger partial charge in [0.15, 0.2) is 0 Å². The van der Waals surface area contributed by atoms with Gasteiger partial charge in [-0.25, -0.2) is 13.1 Å². The fourth-order valence-corrected chi connectivity index (χ4v) is 4.05. The van der Waals surface area contributed by atoms with Crippen molar-refractivity contribution < 1.29 is 18.3 Å². The maximum atomic E-state index is 12.5. The second kappa shape index (κ2) is 5.69. The fraction of sp³-hybridized carbons (Fsp3) is 0.538. The average Bonchev–Trinajstić information content (AvgIpc) is 2.38. The molecule has 1 aliphatic rings. The van der Waals surface area contributed by atoms with Crippen LogP contribution in [0.3, 0.4) is 0 Å². The van der Waals surface area contributed by atoms with E-state index in [2.05, 4.69) is 4.72 Å². The maximum Gasteiger partial charge on any atom is 0.241 e. The summed E-state index contributed by atoms with van der Waals surface area (Å²) in [6.07, 6.45) is 0.910. The molecule has 0 bridgehead atoms. The summed E-state index contributed by atoms with van der Waals surface area (Å²) in [6.45, 7) is 2.32. The second-order valence-corrected chi connectivity index (χ2v) is 6.83. The van der Waals surface area contributed by atoms with E-state index in [1.165, 1.54) is 6.07 Å². The molecule has 0 saturated carbocycles. The number of aryl methyl sites for hydroxylation is 1. The van der Waals surface area contributed by atoms with Gasteiger partial charge in [-0.3, -0.25) is 0 Å². The third kappa shape index (κ3) is 3.12. The highest BCUT2D eigenvalue weighted by molar-refractivity contribution is 7.89. The van der Waals surface area contributed by atoms with Gasteiger partial charge in [-0.1, -0.05) is 0 Å². The highest BCUT2D eigenvalue weighted by atomic mass is 32.2. The largest absolute Gasteiger partial charge is 0.399 e. The molecule has 1 fully saturated rings. The minimum absolute atomic E-state index is 0.186. The molecule has 2 rings (SSSR count). The topological polar surface area (TPSA) is 102 Å². The summed E-state index contributed by atoms with van der Waals surface area (Å²) in [6, 6.07) is 4.65. The summed E-state index contributed by atoms with van der Waals surface area (Å²) in [5.41, 5.74) is 5.89. The van der Waals surface area contributed by atoms with Crippen LogP contribution in [0.5, 0.6) is 0 Å². The van der Waals surface area contributed by atoms with Crippen LogP contribution >= 0.6 is 0 Å². The van der Waals surface area contributed by atoms with Gasteiger partial charge in [0, 0.05) is 18.9 Å². The lowest BCUT2D eigenvalue weighted by Crippen LogP contribution is -2.54. The van der Waals surface area contributed by atoms with Crippen molar-refractivity contribution in [2.24, 2.45) is 0 Å². The minimum atomic E-state index is -3.70. The van der Waals surface area contributed by atoms with Gasteiger partial charge < -0.3 is 15.6 Å². The first-order valence-corrected chi connectivity index (χ1v) is 7.96. The third-order valence-electron chi connectivity index (χ3n) is 3.59. The summed E-state index contributed by atoms with van der Waals surface area (Å²) >= 11 is 0. The smallest absolute Gasteiger partial charge is 0.241 e. The number of sulfonamides is 1. The monoisotopic (exact) mass is 300 g/mol. The molecule has 20 heavy (non-hydrogen) atoms. The van der Waals surface area contributed by atoms with Crippen LogP contribution in [0.25, 0.3) is 0 Å². The zero-order chi connectivity index (χ0) is 14.8. The molecule has 0 aliphatic carbocycles. The number of benzene rings is 1. The molecule has 6 nitrogen and oxygen atoms in total. The molecular formula is C13H20N2O4S. The van der Waals surface area contributed by atoms with Gasteiger partial charge in [0.2, 0.25) is 10.0 Å². The quantitative estimate of drug-likeness (QED) is 0.699. The van der Waals surface area contributed by atoms with Crippen molar-refractivity contribution in [1.29, 1.82) is 0 Å². The molecule has 0 radical (unpaired) electrons. The van der Waals surface area contributed by atoms with Crippen molar-refractivity contribution >= 4 is 15.7 Å². The van der Waals surface area contributed by atoms with Gasteiger partial charge >= 0.3 is 0 Å². The fourth-order valence-electron chi connectivity index (χ4n) is 2.37. The highest BCUT2D eigenvalue weighted by Gasteiger charge is 2.36. The van der Waals surface area contributed by atoms with E-state index < -0.39 is 15.6 Å². The first-order chi connectivity index (χ1) is 9.38. The first kappa shape index (κ1) is 15.2. The van der Waals surface area contributed by atoms with E-state index >= 15 is 0 Å². The third-order valence-corrected chi connectivity index (χ3v) is 5.33. The zero-order valence-corrected chi connectivity index (χ0v) is 12.2. The van der Waals surface area contributed by atoms with Crippen molar-refractivity contribution in [3.63, 3.8) is 0 Å². The van der Waals surface area contributed by atoms with Gasteiger partial charge in [-0.05, 0) is 43.5 Å². The Balaban J connectivity index is 2.30. The maximum absolute atomic E-state index is 12.5. The molecule has 1 aromatic carbocycles. The zero-order valence-electron chi connectivity index (χ0n) is 11.4. The number of hydrogen-bond acceptors (Lipinski definition) is 5. The van der Waals surface area contributed by atoms with Gasteiger partial charge in [0.25, 0.3) is 0 Å². The molecule has 0 spiro atoms. The van der Waals surface area contributed by atoms with Gasteiger partial charge in [-0.15, -0.1) is 0 Å². The number of ether oxygens (including phenoxy) is 1. The number of anilines is 1. The Kier molecular flexibility index (Phi) is 4.33. The number of aliphatic hydroxyl groups is 1. The molecule has 1 aromatic rings. The van der Waals surface area contributed by atoms with Crippen LogP contribution in [-0.4, -0.2) is 38.9 Å². The van der Waals surface area contributed by atoms with E-state index in [1.54, 1.807) is 19.1 Å². The number of nitrogens with one attached hydrogen (secondary N) is 1. The number of nitrogen functional groups attached to an aromatic ring is 1. The molecule has 0 unspecified atom stereocenters. The molecular weight excluding hydrogens is 280 g/mol. The molecule has 112 valence electrons. The van der Waals surface area contributed by atoms with Crippen LogP contribution in [0.15, 0.2) is 23.1 Å². The summed E-state index contributed by atoms with van der Waals surface area (Å²) < 4.78 is 32.8. The van der Waals surface area contributed by atoms with Crippen molar-refractivity contribution in [2.75, 3.05) is 25.6 Å². The van der Waals surface area contributed by atoms with E-state index in [0.717, 1.165) is 0 Å². The van der Waals surface area contributed by atoms with Gasteiger partial charge in [-0.2, -0.15) is 0 Å². The number of nitrogens with two attached hydrogens (primary N) is 1. The molecule has 0 atom stereocenters. The summed E-state index contributed by atoms with van der Waals surface area (Å²) in [4.78, 5) is 0.186. The first-order valence-electron chi connectivity index (χ1n) is 6.47. The normalized spacial score (nSPS) is 18.9. The lowest BCUT2D eigenvalue weighted by Gasteiger charge is -2.36. The Morgan fingerprint density at radius 1 is 1.40 bits per heavy atom. The number of hydrogen-bond donors (Lipinski definition) is 3. The van der Waals surface area contributed by atoms with E-state index in [0.29, 0.717) is 37.3 Å². The summed E-state index contributed by atoms with van der Waals surface area (Å²) in [5, 5.41) is 9.56. The molecule has 1 heterocycles. The lowest BCUT2D eigenvalue weighted by atomic mass is 9.93. The van der Waals surface area contributed by atoms with E-state index in [1.807, 2.05) is 0 Å². The summed E-state index contributed by atoms with van der Waals surface area (Å²) in [7, 11) is -3.70. The number of rotatable bonds is 4. The Hall–Kier alpha value is -1.15. The predicted molar refractivity (Wildman–Crippen MR) is 75.8 cm³/mol. The molecule has 4 N–H and O–H groups in total. The second-order valence-electron chi connectivity index (χ2n) is 5.18. The van der Waals surface area contributed by atoms with Crippen LogP contribution < -0.4 is 10.5 Å². The standard InChI is InChI=1S/C13H20N2O4S/c1-10-8-11(14)2-3-12(10)20(17,18)15-13(9-16)4-6-19-7-5-13/h2-3,8,15-16H,4-7,9,14H2,1H3. The molecule has 7 heteroatoms. The highest BCUT2D eigenvalue weighted by Crippen LogP contribution is 2.25. The van der Waals surface area contributed by atoms with Crippen molar-refractivity contribution in [2.45, 2.75) is 30.2 Å². The van der Waals surface area contributed by atoms with Crippen LogP contribution in [-0.2, 0) is 14.8 Å². The van der Waals surface area contributed by atoms with Crippen LogP contribution in [0.2, 0.25) is 0 Å². The van der Waals surface area contributed by atoms with Crippen molar-refractivity contribution in [1.82, 2.24) is 4.72 Å². The average molecular weight is 300 g/mol.